The third-order valence-corrected chi connectivity index (χ3v) is 4.86. The molecule has 2 heterocycles. The Hall–Kier alpha value is -1.43. The Morgan fingerprint density at radius 1 is 1.29 bits per heavy atom. The first-order chi connectivity index (χ1) is 10.3. The number of rotatable bonds is 4. The van der Waals surface area contributed by atoms with Gasteiger partial charge in [-0.1, -0.05) is 12.1 Å². The molecule has 1 aromatic heterocycles. The van der Waals surface area contributed by atoms with Crippen molar-refractivity contribution in [3.8, 4) is 5.75 Å². The molecule has 0 saturated carbocycles. The highest BCUT2D eigenvalue weighted by Crippen LogP contribution is 2.26. The van der Waals surface area contributed by atoms with Gasteiger partial charge >= 0.3 is 0 Å². The monoisotopic (exact) mass is 303 g/mol. The van der Waals surface area contributed by atoms with Crippen LogP contribution < -0.4 is 4.74 Å². The Labute approximate surface area is 130 Å². The molecule has 1 aliphatic rings. The van der Waals surface area contributed by atoms with Gasteiger partial charge in [-0.2, -0.15) is 0 Å². The molecule has 0 aliphatic carbocycles. The fourth-order valence-electron chi connectivity index (χ4n) is 2.80. The normalized spacial score (nSPS) is 20.6. The minimum atomic E-state index is 0.442. The van der Waals surface area contributed by atoms with Gasteiger partial charge < -0.3 is 4.74 Å². The molecule has 0 spiro atoms. The van der Waals surface area contributed by atoms with Crippen molar-refractivity contribution in [1.82, 2.24) is 14.8 Å². The summed E-state index contributed by atoms with van der Waals surface area (Å²) in [6.45, 7) is 4.27. The molecule has 5 heteroatoms. The van der Waals surface area contributed by atoms with Crippen molar-refractivity contribution in [2.24, 2.45) is 0 Å². The number of ether oxygens (including phenoxy) is 1. The van der Waals surface area contributed by atoms with E-state index in [0.29, 0.717) is 6.04 Å². The number of piperazine rings is 1. The summed E-state index contributed by atoms with van der Waals surface area (Å²) in [5.74, 6) is 0.915. The van der Waals surface area contributed by atoms with E-state index < -0.39 is 0 Å². The maximum absolute atomic E-state index is 5.25. The lowest BCUT2D eigenvalue weighted by Gasteiger charge is -2.39. The molecule has 0 unspecified atom stereocenters. The van der Waals surface area contributed by atoms with Gasteiger partial charge in [0.25, 0.3) is 0 Å². The molecule has 3 rings (SSSR count). The maximum atomic E-state index is 5.25. The fraction of sp³-hybridized carbons (Fsp3) is 0.438. The summed E-state index contributed by atoms with van der Waals surface area (Å²) in [4.78, 5) is 10.5. The van der Waals surface area contributed by atoms with Crippen LogP contribution in [0.15, 0.2) is 36.0 Å². The highest BCUT2D eigenvalue weighted by molar-refractivity contribution is 7.09. The standard InChI is InChI=1S/C16H21N3OS/c1-18-7-8-19(10-15-9-17-12-21-15)11-16(18)13-3-5-14(20-2)6-4-13/h3-6,9,12,16H,7-8,10-11H2,1-2H3/t16-/m1/s1. The third-order valence-electron chi connectivity index (χ3n) is 4.10. The van der Waals surface area contributed by atoms with Crippen molar-refractivity contribution in [3.05, 3.63) is 46.4 Å². The van der Waals surface area contributed by atoms with Gasteiger partial charge in [0.1, 0.15) is 5.75 Å². The van der Waals surface area contributed by atoms with E-state index in [2.05, 4.69) is 34.0 Å². The second kappa shape index (κ2) is 6.56. The maximum Gasteiger partial charge on any atom is 0.118 e. The van der Waals surface area contributed by atoms with Gasteiger partial charge in [0.05, 0.1) is 12.6 Å². The molecule has 2 aromatic rings. The molecular weight excluding hydrogens is 282 g/mol. The molecule has 0 bridgehead atoms. The summed E-state index contributed by atoms with van der Waals surface area (Å²) < 4.78 is 5.25. The molecule has 4 nitrogen and oxygen atoms in total. The minimum absolute atomic E-state index is 0.442. The van der Waals surface area contributed by atoms with Crippen LogP contribution in [0.5, 0.6) is 5.75 Å². The van der Waals surface area contributed by atoms with Gasteiger partial charge in [0, 0.05) is 43.3 Å². The molecule has 0 N–H and O–H groups in total. The first-order valence-electron chi connectivity index (χ1n) is 7.20. The van der Waals surface area contributed by atoms with Gasteiger partial charge in [-0.05, 0) is 24.7 Å². The lowest BCUT2D eigenvalue weighted by Crippen LogP contribution is -2.46. The highest BCUT2D eigenvalue weighted by Gasteiger charge is 2.25. The van der Waals surface area contributed by atoms with Gasteiger partial charge in [-0.3, -0.25) is 14.8 Å². The SMILES string of the molecule is COc1ccc([C@H]2CN(Cc3cncs3)CCN2C)cc1. The average Bonchev–Trinajstić information content (AvgIpc) is 3.02. The molecule has 112 valence electrons. The molecular formula is C16H21N3OS. The zero-order chi connectivity index (χ0) is 14.7. The van der Waals surface area contributed by atoms with Crippen LogP contribution in [-0.4, -0.2) is 48.6 Å². The van der Waals surface area contributed by atoms with Crippen molar-refractivity contribution < 1.29 is 4.74 Å². The second-order valence-electron chi connectivity index (χ2n) is 5.47. The third kappa shape index (κ3) is 3.43. The smallest absolute Gasteiger partial charge is 0.118 e. The first-order valence-corrected chi connectivity index (χ1v) is 8.08. The fourth-order valence-corrected chi connectivity index (χ4v) is 3.44. The molecule has 1 atom stereocenters. The van der Waals surface area contributed by atoms with Gasteiger partial charge in [0.2, 0.25) is 0 Å². The number of methoxy groups -OCH3 is 1. The van der Waals surface area contributed by atoms with Crippen LogP contribution in [0.2, 0.25) is 0 Å². The van der Waals surface area contributed by atoms with Crippen LogP contribution in [0.3, 0.4) is 0 Å². The van der Waals surface area contributed by atoms with E-state index in [-0.39, 0.29) is 0 Å². The van der Waals surface area contributed by atoms with Crippen LogP contribution in [-0.2, 0) is 6.54 Å². The van der Waals surface area contributed by atoms with Gasteiger partial charge in [-0.25, -0.2) is 0 Å². The number of aromatic nitrogens is 1. The van der Waals surface area contributed by atoms with E-state index in [1.54, 1.807) is 18.4 Å². The summed E-state index contributed by atoms with van der Waals surface area (Å²) in [5, 5.41) is 0. The molecule has 1 fully saturated rings. The lowest BCUT2D eigenvalue weighted by molar-refractivity contribution is 0.0911. The summed E-state index contributed by atoms with van der Waals surface area (Å²) in [5.41, 5.74) is 3.26. The first kappa shape index (κ1) is 14.5. The van der Waals surface area contributed by atoms with E-state index in [1.807, 2.05) is 23.8 Å². The Balaban J connectivity index is 1.70. The Morgan fingerprint density at radius 3 is 2.76 bits per heavy atom. The van der Waals surface area contributed by atoms with E-state index in [9.17, 15) is 0 Å². The summed E-state index contributed by atoms with van der Waals surface area (Å²) >= 11 is 1.74. The molecule has 1 saturated heterocycles. The molecule has 1 aliphatic heterocycles. The van der Waals surface area contributed by atoms with Gasteiger partial charge in [0.15, 0.2) is 0 Å². The van der Waals surface area contributed by atoms with Crippen LogP contribution in [0.25, 0.3) is 0 Å². The number of likely N-dealkylation sites (N-methyl/N-ethyl adjacent to an activating group) is 1. The topological polar surface area (TPSA) is 28.6 Å². The summed E-state index contributed by atoms with van der Waals surface area (Å²) in [6, 6.07) is 8.89. The van der Waals surface area contributed by atoms with Crippen LogP contribution in [0, 0.1) is 0 Å². The second-order valence-corrected chi connectivity index (χ2v) is 6.44. The van der Waals surface area contributed by atoms with Crippen molar-refractivity contribution in [2.45, 2.75) is 12.6 Å². The van der Waals surface area contributed by atoms with E-state index in [1.165, 1.54) is 10.4 Å². The Bertz CT molecular complexity index is 555. The number of benzene rings is 1. The van der Waals surface area contributed by atoms with Crippen LogP contribution in [0.1, 0.15) is 16.5 Å². The number of hydrogen-bond donors (Lipinski definition) is 0. The lowest BCUT2D eigenvalue weighted by atomic mass is 10.0. The van der Waals surface area contributed by atoms with Crippen molar-refractivity contribution in [1.29, 1.82) is 0 Å². The number of thiazole rings is 1. The number of nitrogens with zero attached hydrogens (tertiary/aromatic N) is 3. The molecule has 1 aromatic carbocycles. The zero-order valence-electron chi connectivity index (χ0n) is 12.5. The molecule has 21 heavy (non-hydrogen) atoms. The Morgan fingerprint density at radius 2 is 2.10 bits per heavy atom. The van der Waals surface area contributed by atoms with Crippen molar-refractivity contribution in [3.63, 3.8) is 0 Å². The minimum Gasteiger partial charge on any atom is -0.497 e. The zero-order valence-corrected chi connectivity index (χ0v) is 13.3. The quantitative estimate of drug-likeness (QED) is 0.868. The van der Waals surface area contributed by atoms with E-state index >= 15 is 0 Å². The van der Waals surface area contributed by atoms with Gasteiger partial charge in [-0.15, -0.1) is 11.3 Å². The summed E-state index contributed by atoms with van der Waals surface area (Å²) in [6.07, 6.45) is 1.98. The Kier molecular flexibility index (Phi) is 4.53. The molecule has 0 radical (unpaired) electrons. The van der Waals surface area contributed by atoms with Crippen LogP contribution >= 0.6 is 11.3 Å². The average molecular weight is 303 g/mol. The number of hydrogen-bond acceptors (Lipinski definition) is 5. The van der Waals surface area contributed by atoms with Crippen LogP contribution in [0.4, 0.5) is 0 Å². The predicted molar refractivity (Wildman–Crippen MR) is 85.8 cm³/mol. The summed E-state index contributed by atoms with van der Waals surface area (Å²) in [7, 11) is 3.91. The predicted octanol–water partition coefficient (Wildman–Crippen LogP) is 2.64. The van der Waals surface area contributed by atoms with Crippen molar-refractivity contribution >= 4 is 11.3 Å². The van der Waals surface area contributed by atoms with E-state index in [0.717, 1.165) is 31.9 Å². The largest absolute Gasteiger partial charge is 0.497 e. The van der Waals surface area contributed by atoms with Crippen molar-refractivity contribution in [2.75, 3.05) is 33.8 Å². The van der Waals surface area contributed by atoms with E-state index in [4.69, 9.17) is 4.74 Å². The molecule has 0 amide bonds. The highest BCUT2D eigenvalue weighted by atomic mass is 32.1.